The molecule has 1 aliphatic rings. The zero-order valence-corrected chi connectivity index (χ0v) is 20.1. The average molecular weight is 437 g/mol. The maximum Gasteiger partial charge on any atom is 0.192 e. The lowest BCUT2D eigenvalue weighted by atomic mass is 9.98. The Bertz CT molecular complexity index is 894. The lowest BCUT2D eigenvalue weighted by Gasteiger charge is -2.42. The summed E-state index contributed by atoms with van der Waals surface area (Å²) in [4.78, 5) is 12.7. The number of nitrogens with zero attached hydrogens (tertiary/aromatic N) is 4. The number of aliphatic hydroxyl groups is 1. The van der Waals surface area contributed by atoms with Gasteiger partial charge in [0.15, 0.2) is 19.1 Å². The molecule has 2 aromatic heterocycles. The number of allylic oxidation sites excluding steroid dienone is 1. The summed E-state index contributed by atoms with van der Waals surface area (Å²) in [7, 11) is -1.84. The van der Waals surface area contributed by atoms with Crippen molar-refractivity contribution in [2.24, 2.45) is 11.8 Å². The van der Waals surface area contributed by atoms with Crippen LogP contribution in [0.3, 0.4) is 0 Å². The molecule has 2 aromatic rings. The molecule has 2 atom stereocenters. The normalized spacial score (nSPS) is 20.7. The number of aromatic nitrogens is 4. The number of aliphatic hydroxyl groups excluding tert-OH is 1. The van der Waals surface area contributed by atoms with Crippen LogP contribution in [0.4, 0.5) is 0 Å². The fraction of sp³-hybridized carbons (Fsp3) is 0.667. The minimum atomic E-state index is -1.84. The lowest BCUT2D eigenvalue weighted by molar-refractivity contribution is 0.238. The van der Waals surface area contributed by atoms with Crippen molar-refractivity contribution in [3.05, 3.63) is 29.5 Å². The summed E-state index contributed by atoms with van der Waals surface area (Å²) in [6.45, 7) is 14.6. The third-order valence-electron chi connectivity index (χ3n) is 7.24. The Hall–Kier alpha value is -1.28. The Morgan fingerprint density at radius 3 is 2.69 bits per heavy atom. The number of imidazole rings is 1. The van der Waals surface area contributed by atoms with E-state index in [1.807, 2.05) is 4.57 Å². The second-order valence-electron chi connectivity index (χ2n) is 9.41. The zero-order valence-electron chi connectivity index (χ0n) is 18.3. The van der Waals surface area contributed by atoms with Crippen molar-refractivity contribution in [2.75, 3.05) is 13.2 Å². The first-order chi connectivity index (χ1) is 13.6. The minimum Gasteiger partial charge on any atom is -0.417 e. The molecular formula is C21H33ClN4O2Si. The molecule has 0 unspecified atom stereocenters. The van der Waals surface area contributed by atoms with Crippen molar-refractivity contribution in [1.29, 1.82) is 0 Å². The molecule has 1 aliphatic carbocycles. The molecule has 3 rings (SSSR count). The third kappa shape index (κ3) is 4.29. The van der Waals surface area contributed by atoms with Gasteiger partial charge in [0.25, 0.3) is 0 Å². The van der Waals surface area contributed by atoms with Crippen molar-refractivity contribution in [3.8, 4) is 0 Å². The van der Waals surface area contributed by atoms with Gasteiger partial charge >= 0.3 is 0 Å². The van der Waals surface area contributed by atoms with Crippen LogP contribution in [0.2, 0.25) is 23.3 Å². The van der Waals surface area contributed by atoms with Crippen molar-refractivity contribution < 1.29 is 9.53 Å². The van der Waals surface area contributed by atoms with E-state index in [4.69, 9.17) is 16.0 Å². The Labute approximate surface area is 179 Å². The molecule has 160 valence electrons. The fourth-order valence-corrected chi connectivity index (χ4v) is 6.54. The van der Waals surface area contributed by atoms with E-state index < -0.39 is 8.32 Å². The van der Waals surface area contributed by atoms with Crippen molar-refractivity contribution in [2.45, 2.75) is 64.7 Å². The fourth-order valence-electron chi connectivity index (χ4n) is 3.98. The SMILES string of the molecule is CC(C)C(C)(C)[Si](C)(C)OCC[C@H]1C[C@@H](n2cnc3c(Cl)ncnc32)C=C1CO. The highest BCUT2D eigenvalue weighted by molar-refractivity contribution is 6.74. The van der Waals surface area contributed by atoms with Gasteiger partial charge in [0.05, 0.1) is 19.0 Å². The van der Waals surface area contributed by atoms with Crippen LogP contribution in [0.25, 0.3) is 11.2 Å². The topological polar surface area (TPSA) is 73.1 Å². The number of hydrogen-bond acceptors (Lipinski definition) is 5. The van der Waals surface area contributed by atoms with Gasteiger partial charge in [-0.25, -0.2) is 15.0 Å². The highest BCUT2D eigenvalue weighted by Gasteiger charge is 2.43. The molecule has 0 bridgehead atoms. The average Bonchev–Trinajstić information content (AvgIpc) is 3.25. The molecule has 0 amide bonds. The van der Waals surface area contributed by atoms with Crippen LogP contribution in [0.15, 0.2) is 24.3 Å². The van der Waals surface area contributed by atoms with Crippen LogP contribution < -0.4 is 0 Å². The van der Waals surface area contributed by atoms with Gasteiger partial charge in [-0.05, 0) is 48.4 Å². The number of fused-ring (bicyclic) bond motifs is 1. The van der Waals surface area contributed by atoms with Crippen LogP contribution in [-0.4, -0.2) is 46.2 Å². The van der Waals surface area contributed by atoms with E-state index in [0.29, 0.717) is 22.5 Å². The van der Waals surface area contributed by atoms with E-state index in [1.165, 1.54) is 6.33 Å². The second kappa shape index (κ2) is 8.45. The van der Waals surface area contributed by atoms with Gasteiger partial charge in [-0.2, -0.15) is 0 Å². The van der Waals surface area contributed by atoms with E-state index in [1.54, 1.807) is 6.33 Å². The predicted molar refractivity (Wildman–Crippen MR) is 120 cm³/mol. The monoisotopic (exact) mass is 436 g/mol. The van der Waals surface area contributed by atoms with Crippen LogP contribution in [0.1, 0.15) is 46.6 Å². The van der Waals surface area contributed by atoms with E-state index in [2.05, 4.69) is 61.8 Å². The number of hydrogen-bond donors (Lipinski definition) is 1. The van der Waals surface area contributed by atoms with Gasteiger partial charge in [0.2, 0.25) is 0 Å². The van der Waals surface area contributed by atoms with Crippen molar-refractivity contribution >= 4 is 31.1 Å². The largest absolute Gasteiger partial charge is 0.417 e. The number of rotatable bonds is 8. The maximum absolute atomic E-state index is 9.90. The standard InChI is InChI=1S/C21H33ClN4O2Si/c1-14(2)21(3,4)29(5,6)28-8-7-15-9-17(10-16(15)11-27)26-13-25-18-19(22)23-12-24-20(18)26/h10,12-15,17,27H,7-9,11H2,1-6H3/t15-,17+/m0/s1. The summed E-state index contributed by atoms with van der Waals surface area (Å²) in [6.07, 6.45) is 7.19. The Balaban J connectivity index is 1.68. The molecule has 0 spiro atoms. The van der Waals surface area contributed by atoms with Gasteiger partial charge in [0.1, 0.15) is 11.8 Å². The first kappa shape index (κ1) is 22.4. The van der Waals surface area contributed by atoms with E-state index in [9.17, 15) is 5.11 Å². The summed E-state index contributed by atoms with van der Waals surface area (Å²) in [6, 6.07) is 0.107. The van der Waals surface area contributed by atoms with Crippen molar-refractivity contribution in [3.63, 3.8) is 0 Å². The molecule has 0 fully saturated rings. The molecule has 0 aromatic carbocycles. The van der Waals surface area contributed by atoms with Crippen LogP contribution in [-0.2, 0) is 4.43 Å². The molecule has 8 heteroatoms. The predicted octanol–water partition coefficient (Wildman–Crippen LogP) is 5.01. The Morgan fingerprint density at radius 2 is 2.03 bits per heavy atom. The molecule has 2 heterocycles. The molecule has 0 aliphatic heterocycles. The van der Waals surface area contributed by atoms with Crippen LogP contribution >= 0.6 is 11.6 Å². The first-order valence-corrected chi connectivity index (χ1v) is 13.7. The molecule has 0 radical (unpaired) electrons. The van der Waals surface area contributed by atoms with Crippen molar-refractivity contribution in [1.82, 2.24) is 19.5 Å². The smallest absolute Gasteiger partial charge is 0.192 e. The van der Waals surface area contributed by atoms with Gasteiger partial charge in [0, 0.05) is 6.61 Å². The lowest BCUT2D eigenvalue weighted by Crippen LogP contribution is -2.45. The second-order valence-corrected chi connectivity index (χ2v) is 14.4. The summed E-state index contributed by atoms with van der Waals surface area (Å²) < 4.78 is 8.52. The molecule has 0 saturated carbocycles. The third-order valence-corrected chi connectivity index (χ3v) is 12.1. The summed E-state index contributed by atoms with van der Waals surface area (Å²) in [5.74, 6) is 0.878. The zero-order chi connectivity index (χ0) is 21.4. The highest BCUT2D eigenvalue weighted by Crippen LogP contribution is 2.45. The Morgan fingerprint density at radius 1 is 1.31 bits per heavy atom. The molecule has 6 nitrogen and oxygen atoms in total. The Kier molecular flexibility index (Phi) is 6.53. The molecule has 1 N–H and O–H groups in total. The molecular weight excluding hydrogens is 404 g/mol. The highest BCUT2D eigenvalue weighted by atomic mass is 35.5. The van der Waals surface area contributed by atoms with Crippen LogP contribution in [0, 0.1) is 11.8 Å². The van der Waals surface area contributed by atoms with Crippen LogP contribution in [0.5, 0.6) is 0 Å². The van der Waals surface area contributed by atoms with Gasteiger partial charge < -0.3 is 14.1 Å². The van der Waals surface area contributed by atoms with Gasteiger partial charge in [-0.3, -0.25) is 0 Å². The molecule has 0 saturated heterocycles. The summed E-state index contributed by atoms with van der Waals surface area (Å²) >= 11 is 6.14. The number of halogens is 1. The van der Waals surface area contributed by atoms with Gasteiger partial charge in [-0.15, -0.1) is 0 Å². The first-order valence-electron chi connectivity index (χ1n) is 10.4. The quantitative estimate of drug-likeness (QED) is 0.357. The van der Waals surface area contributed by atoms with E-state index in [-0.39, 0.29) is 17.7 Å². The minimum absolute atomic E-state index is 0.0713. The molecule has 29 heavy (non-hydrogen) atoms. The van der Waals surface area contributed by atoms with Gasteiger partial charge in [-0.1, -0.05) is 45.4 Å². The van der Waals surface area contributed by atoms with E-state index in [0.717, 1.165) is 30.7 Å². The van der Waals surface area contributed by atoms with E-state index >= 15 is 0 Å². The summed E-state index contributed by atoms with van der Waals surface area (Å²) in [5, 5.41) is 10.5. The summed E-state index contributed by atoms with van der Waals surface area (Å²) in [5.41, 5.74) is 2.42. The maximum atomic E-state index is 9.90.